The summed E-state index contributed by atoms with van der Waals surface area (Å²) >= 11 is 0. The standard InChI is InChI=1S/C25H16O9/c1-13(27)31-16-4-7-19-22(10-16)33-23-11-17(32-14(2)28)5-8-20(23)25(19)21-9-15(30-12-26)3-6-18(21)24(29)34-25/h3-12H,1-2H3. The Bertz CT molecular complexity index is 1320. The lowest BCUT2D eigenvalue weighted by molar-refractivity contribution is -0.132. The average molecular weight is 460 g/mol. The summed E-state index contributed by atoms with van der Waals surface area (Å²) in [6.45, 7) is 2.83. The topological polar surface area (TPSA) is 114 Å². The predicted molar refractivity (Wildman–Crippen MR) is 114 cm³/mol. The molecule has 0 radical (unpaired) electrons. The molecule has 170 valence electrons. The first-order valence-electron chi connectivity index (χ1n) is 10.1. The quantitative estimate of drug-likeness (QED) is 0.327. The van der Waals surface area contributed by atoms with E-state index >= 15 is 0 Å². The number of hydrogen-bond donors (Lipinski definition) is 0. The molecular formula is C25H16O9. The molecule has 2 aliphatic heterocycles. The van der Waals surface area contributed by atoms with E-state index in [2.05, 4.69) is 0 Å². The third kappa shape index (κ3) is 3.25. The largest absolute Gasteiger partial charge is 0.456 e. The Morgan fingerprint density at radius 1 is 0.794 bits per heavy atom. The van der Waals surface area contributed by atoms with Crippen LogP contribution in [-0.2, 0) is 24.7 Å². The van der Waals surface area contributed by atoms with E-state index in [4.69, 9.17) is 23.7 Å². The van der Waals surface area contributed by atoms with Gasteiger partial charge in [-0.05, 0) is 42.5 Å². The van der Waals surface area contributed by atoms with Crippen molar-refractivity contribution in [3.05, 3.63) is 76.9 Å². The van der Waals surface area contributed by atoms with E-state index in [1.165, 1.54) is 38.1 Å². The molecule has 2 aliphatic rings. The predicted octanol–water partition coefficient (Wildman–Crippen LogP) is 3.64. The number of fused-ring (bicyclic) bond motifs is 6. The number of hydrogen-bond acceptors (Lipinski definition) is 9. The Kier molecular flexibility index (Phi) is 4.82. The third-order valence-electron chi connectivity index (χ3n) is 5.43. The van der Waals surface area contributed by atoms with Gasteiger partial charge in [-0.15, -0.1) is 0 Å². The molecule has 9 nitrogen and oxygen atoms in total. The highest BCUT2D eigenvalue weighted by molar-refractivity contribution is 5.97. The van der Waals surface area contributed by atoms with Crippen LogP contribution >= 0.6 is 0 Å². The monoisotopic (exact) mass is 460 g/mol. The first kappa shape index (κ1) is 21.2. The summed E-state index contributed by atoms with van der Waals surface area (Å²) < 4.78 is 27.5. The highest BCUT2D eigenvalue weighted by Crippen LogP contribution is 2.57. The minimum atomic E-state index is -1.46. The van der Waals surface area contributed by atoms with Gasteiger partial charge in [-0.3, -0.25) is 14.4 Å². The fraction of sp³-hybridized carbons (Fsp3) is 0.120. The molecule has 0 fully saturated rings. The molecule has 0 unspecified atom stereocenters. The highest BCUT2D eigenvalue weighted by Gasteiger charge is 2.54. The van der Waals surface area contributed by atoms with Crippen LogP contribution in [0, 0.1) is 0 Å². The number of ether oxygens (including phenoxy) is 5. The van der Waals surface area contributed by atoms with Gasteiger partial charge in [-0.2, -0.15) is 0 Å². The molecule has 0 bridgehead atoms. The van der Waals surface area contributed by atoms with Crippen molar-refractivity contribution in [3.63, 3.8) is 0 Å². The molecule has 0 aliphatic carbocycles. The Balaban J connectivity index is 1.78. The summed E-state index contributed by atoms with van der Waals surface area (Å²) in [5.74, 6) is -0.435. The molecule has 5 rings (SSSR count). The Morgan fingerprint density at radius 2 is 1.35 bits per heavy atom. The maximum atomic E-state index is 12.9. The Labute approximate surface area is 192 Å². The van der Waals surface area contributed by atoms with Crippen LogP contribution in [0.3, 0.4) is 0 Å². The summed E-state index contributed by atoms with van der Waals surface area (Å²) in [4.78, 5) is 46.8. The third-order valence-corrected chi connectivity index (χ3v) is 5.43. The molecule has 2 heterocycles. The molecule has 0 atom stereocenters. The van der Waals surface area contributed by atoms with Crippen molar-refractivity contribution in [1.29, 1.82) is 0 Å². The molecule has 3 aromatic rings. The number of benzene rings is 3. The maximum Gasteiger partial charge on any atom is 0.340 e. The first-order chi connectivity index (χ1) is 16.3. The lowest BCUT2D eigenvalue weighted by Gasteiger charge is -2.36. The van der Waals surface area contributed by atoms with Gasteiger partial charge in [0.2, 0.25) is 0 Å². The van der Waals surface area contributed by atoms with Gasteiger partial charge in [-0.25, -0.2) is 4.79 Å². The molecule has 0 saturated heterocycles. The van der Waals surface area contributed by atoms with Crippen molar-refractivity contribution in [1.82, 2.24) is 0 Å². The van der Waals surface area contributed by atoms with Crippen LogP contribution in [0.5, 0.6) is 28.7 Å². The van der Waals surface area contributed by atoms with Crippen LogP contribution in [0.25, 0.3) is 0 Å². The Hall–Kier alpha value is -4.66. The zero-order chi connectivity index (χ0) is 24.0. The zero-order valence-corrected chi connectivity index (χ0v) is 17.9. The molecule has 1 spiro atoms. The van der Waals surface area contributed by atoms with E-state index in [0.29, 0.717) is 16.7 Å². The minimum absolute atomic E-state index is 0.217. The van der Waals surface area contributed by atoms with Crippen LogP contribution in [0.4, 0.5) is 0 Å². The molecular weight excluding hydrogens is 444 g/mol. The van der Waals surface area contributed by atoms with Crippen LogP contribution < -0.4 is 18.9 Å². The van der Waals surface area contributed by atoms with Gasteiger partial charge in [0.05, 0.1) is 5.56 Å². The van der Waals surface area contributed by atoms with Gasteiger partial charge >= 0.3 is 17.9 Å². The lowest BCUT2D eigenvalue weighted by Crippen LogP contribution is -2.33. The fourth-order valence-corrected chi connectivity index (χ4v) is 4.25. The molecule has 0 saturated carbocycles. The molecule has 9 heteroatoms. The molecule has 34 heavy (non-hydrogen) atoms. The van der Waals surface area contributed by atoms with Gasteiger partial charge in [0.1, 0.15) is 28.7 Å². The first-order valence-corrected chi connectivity index (χ1v) is 10.1. The van der Waals surface area contributed by atoms with Gasteiger partial charge in [0.15, 0.2) is 5.60 Å². The fourth-order valence-electron chi connectivity index (χ4n) is 4.25. The van der Waals surface area contributed by atoms with Crippen LogP contribution in [0.2, 0.25) is 0 Å². The lowest BCUT2D eigenvalue weighted by atomic mass is 9.77. The summed E-state index contributed by atoms with van der Waals surface area (Å²) in [5.41, 5.74) is 0.187. The smallest absolute Gasteiger partial charge is 0.340 e. The van der Waals surface area contributed by atoms with Crippen LogP contribution in [0.1, 0.15) is 40.9 Å². The van der Waals surface area contributed by atoms with Gasteiger partial charge in [0.25, 0.3) is 6.47 Å². The van der Waals surface area contributed by atoms with Gasteiger partial charge < -0.3 is 23.7 Å². The molecule has 0 aromatic heterocycles. The van der Waals surface area contributed by atoms with E-state index in [0.717, 1.165) is 0 Å². The maximum absolute atomic E-state index is 12.9. The van der Waals surface area contributed by atoms with E-state index < -0.39 is 23.5 Å². The summed E-state index contributed by atoms with van der Waals surface area (Å²) in [6, 6.07) is 13.9. The molecule has 3 aromatic carbocycles. The molecule has 0 N–H and O–H groups in total. The minimum Gasteiger partial charge on any atom is -0.456 e. The van der Waals surface area contributed by atoms with Crippen LogP contribution in [-0.4, -0.2) is 24.4 Å². The number of carbonyl (C=O) groups is 4. The van der Waals surface area contributed by atoms with E-state index in [9.17, 15) is 19.2 Å². The molecule has 0 amide bonds. The van der Waals surface area contributed by atoms with Crippen molar-refractivity contribution < 1.29 is 42.9 Å². The highest BCUT2D eigenvalue weighted by atomic mass is 16.6. The second-order valence-corrected chi connectivity index (χ2v) is 7.60. The Morgan fingerprint density at radius 3 is 1.88 bits per heavy atom. The van der Waals surface area contributed by atoms with E-state index in [-0.39, 0.29) is 40.8 Å². The number of esters is 3. The van der Waals surface area contributed by atoms with Crippen molar-refractivity contribution in [2.75, 3.05) is 0 Å². The summed E-state index contributed by atoms with van der Waals surface area (Å²) in [6.07, 6.45) is 0. The van der Waals surface area contributed by atoms with Crippen molar-refractivity contribution in [2.45, 2.75) is 19.4 Å². The SMILES string of the molecule is CC(=O)Oc1ccc2c(c1)Oc1cc(OC(C)=O)ccc1C21OC(=O)c2ccc(OC=O)cc21. The summed E-state index contributed by atoms with van der Waals surface area (Å²) in [7, 11) is 0. The average Bonchev–Trinajstić information content (AvgIpc) is 3.05. The number of carbonyl (C=O) groups excluding carboxylic acids is 4. The van der Waals surface area contributed by atoms with E-state index in [1.807, 2.05) is 0 Å². The second kappa shape index (κ2) is 7.73. The summed E-state index contributed by atoms with van der Waals surface area (Å²) in [5, 5.41) is 0. The zero-order valence-electron chi connectivity index (χ0n) is 17.9. The van der Waals surface area contributed by atoms with Crippen molar-refractivity contribution in [2.24, 2.45) is 0 Å². The van der Waals surface area contributed by atoms with Gasteiger partial charge in [0, 0.05) is 42.7 Å². The normalized spacial score (nSPS) is 14.1. The van der Waals surface area contributed by atoms with Crippen molar-refractivity contribution >= 4 is 24.4 Å². The van der Waals surface area contributed by atoms with Crippen molar-refractivity contribution in [3.8, 4) is 28.7 Å². The van der Waals surface area contributed by atoms with Crippen LogP contribution in [0.15, 0.2) is 54.6 Å². The van der Waals surface area contributed by atoms with Gasteiger partial charge in [-0.1, -0.05) is 0 Å². The number of rotatable bonds is 4. The second-order valence-electron chi connectivity index (χ2n) is 7.60. The van der Waals surface area contributed by atoms with E-state index in [1.54, 1.807) is 30.3 Å².